The van der Waals surface area contributed by atoms with E-state index in [0.29, 0.717) is 11.3 Å². The van der Waals surface area contributed by atoms with Crippen LogP contribution in [-0.2, 0) is 20.5 Å². The van der Waals surface area contributed by atoms with Gasteiger partial charge in [-0.25, -0.2) is 4.79 Å². The second-order valence-corrected chi connectivity index (χ2v) is 6.64. The van der Waals surface area contributed by atoms with Crippen LogP contribution in [0.2, 0.25) is 0 Å². The first-order chi connectivity index (χ1) is 14.3. The molecule has 1 aliphatic rings. The van der Waals surface area contributed by atoms with Crippen LogP contribution in [0.25, 0.3) is 11.1 Å². The van der Waals surface area contributed by atoms with E-state index in [1.54, 1.807) is 30.3 Å². The fourth-order valence-electron chi connectivity index (χ4n) is 3.41. The van der Waals surface area contributed by atoms with E-state index in [9.17, 15) is 22.8 Å². The van der Waals surface area contributed by atoms with Gasteiger partial charge in [-0.2, -0.15) is 13.2 Å². The lowest BCUT2D eigenvalue weighted by Crippen LogP contribution is -2.41. The number of oxime groups is 1. The number of methoxy groups -OCH3 is 1. The lowest BCUT2D eigenvalue weighted by atomic mass is 9.96. The van der Waals surface area contributed by atoms with Gasteiger partial charge >= 0.3 is 12.1 Å². The Kier molecular flexibility index (Phi) is 6.09. The summed E-state index contributed by atoms with van der Waals surface area (Å²) in [6.07, 6.45) is -4.59. The molecule has 1 aliphatic heterocycles. The Morgan fingerprint density at radius 3 is 2.40 bits per heavy atom. The smallest absolute Gasteiger partial charge is 0.417 e. The Bertz CT molecular complexity index is 974. The van der Waals surface area contributed by atoms with Crippen molar-refractivity contribution in [1.29, 1.82) is 0 Å². The highest BCUT2D eigenvalue weighted by molar-refractivity contribution is 6.04. The number of nitrogens with zero attached hydrogens (tertiary/aromatic N) is 2. The van der Waals surface area contributed by atoms with Crippen LogP contribution in [0.5, 0.6) is 0 Å². The number of halogens is 3. The van der Waals surface area contributed by atoms with Crippen LogP contribution in [0.3, 0.4) is 0 Å². The Labute approximate surface area is 170 Å². The molecule has 0 aliphatic carbocycles. The number of carbonyl (C=O) groups is 2. The summed E-state index contributed by atoms with van der Waals surface area (Å²) >= 11 is 0. The zero-order valence-corrected chi connectivity index (χ0v) is 16.3. The average molecular weight is 420 g/mol. The van der Waals surface area contributed by atoms with Crippen LogP contribution in [0.15, 0.2) is 53.7 Å². The molecule has 0 bridgehead atoms. The number of ether oxygens (including phenoxy) is 1. The summed E-state index contributed by atoms with van der Waals surface area (Å²) in [4.78, 5) is 30.9. The van der Waals surface area contributed by atoms with E-state index < -0.39 is 29.7 Å². The number of hydrogen-bond acceptors (Lipinski definition) is 5. The van der Waals surface area contributed by atoms with Crippen LogP contribution < -0.4 is 0 Å². The van der Waals surface area contributed by atoms with E-state index in [4.69, 9.17) is 9.57 Å². The van der Waals surface area contributed by atoms with Gasteiger partial charge in [-0.05, 0) is 23.3 Å². The van der Waals surface area contributed by atoms with Crippen molar-refractivity contribution in [2.45, 2.75) is 18.6 Å². The Morgan fingerprint density at radius 1 is 1.10 bits per heavy atom. The highest BCUT2D eigenvalue weighted by Crippen LogP contribution is 2.38. The molecule has 0 N–H and O–H groups in total. The van der Waals surface area contributed by atoms with Gasteiger partial charge < -0.3 is 14.5 Å². The monoisotopic (exact) mass is 420 g/mol. The fraction of sp³-hybridized carbons (Fsp3) is 0.286. The fourth-order valence-corrected chi connectivity index (χ4v) is 3.41. The van der Waals surface area contributed by atoms with Crippen molar-refractivity contribution in [2.24, 2.45) is 5.16 Å². The van der Waals surface area contributed by atoms with Crippen molar-refractivity contribution < 1.29 is 32.3 Å². The zero-order chi connectivity index (χ0) is 21.9. The number of carbonyl (C=O) groups excluding carboxylic acids is 2. The lowest BCUT2D eigenvalue weighted by molar-refractivity contribution is -0.145. The normalized spacial score (nSPS) is 17.8. The predicted molar refractivity (Wildman–Crippen MR) is 103 cm³/mol. The van der Waals surface area contributed by atoms with Gasteiger partial charge in [0.1, 0.15) is 13.2 Å². The standard InChI is InChI=1S/C21H19F3N2O4/c1-29-20(28)18-11-15(25-30-2)12-26(18)19(27)14-8-9-16(13-6-4-3-5-7-13)17(10-14)21(22,23)24/h3-10,18H,11-12H2,1-2H3/t18-/m0/s1. The van der Waals surface area contributed by atoms with Crippen LogP contribution in [0, 0.1) is 0 Å². The number of rotatable bonds is 4. The lowest BCUT2D eigenvalue weighted by Gasteiger charge is -2.23. The van der Waals surface area contributed by atoms with E-state index in [0.717, 1.165) is 11.0 Å². The number of esters is 1. The molecular formula is C21H19F3N2O4. The summed E-state index contributed by atoms with van der Waals surface area (Å²) in [5, 5.41) is 3.76. The molecule has 1 saturated heterocycles. The average Bonchev–Trinajstić information content (AvgIpc) is 3.16. The maximum absolute atomic E-state index is 13.7. The van der Waals surface area contributed by atoms with Crippen molar-refractivity contribution in [3.05, 3.63) is 59.7 Å². The van der Waals surface area contributed by atoms with Gasteiger partial charge in [0.25, 0.3) is 5.91 Å². The van der Waals surface area contributed by atoms with Crippen molar-refractivity contribution in [3.8, 4) is 11.1 Å². The van der Waals surface area contributed by atoms with Crippen molar-refractivity contribution in [1.82, 2.24) is 4.90 Å². The molecule has 9 heteroatoms. The first kappa shape index (κ1) is 21.4. The summed E-state index contributed by atoms with van der Waals surface area (Å²) in [6.45, 7) is -0.0474. The minimum atomic E-state index is -4.67. The molecule has 0 aromatic heterocycles. The molecule has 0 spiro atoms. The molecule has 30 heavy (non-hydrogen) atoms. The van der Waals surface area contributed by atoms with E-state index in [-0.39, 0.29) is 24.1 Å². The number of likely N-dealkylation sites (tertiary alicyclic amines) is 1. The summed E-state index contributed by atoms with van der Waals surface area (Å²) in [5.74, 6) is -1.40. The van der Waals surface area contributed by atoms with E-state index >= 15 is 0 Å². The van der Waals surface area contributed by atoms with Crippen LogP contribution >= 0.6 is 0 Å². The highest BCUT2D eigenvalue weighted by Gasteiger charge is 2.40. The molecule has 1 atom stereocenters. The minimum absolute atomic E-state index is 0.0350. The number of amides is 1. The summed E-state index contributed by atoms with van der Waals surface area (Å²) in [6, 6.07) is 10.5. The largest absolute Gasteiger partial charge is 0.467 e. The molecule has 2 aromatic rings. The van der Waals surface area contributed by atoms with E-state index in [1.165, 1.54) is 26.4 Å². The van der Waals surface area contributed by atoms with Gasteiger partial charge in [0.2, 0.25) is 0 Å². The quantitative estimate of drug-likeness (QED) is 0.558. The molecule has 3 rings (SSSR count). The number of hydrogen-bond donors (Lipinski definition) is 0. The maximum Gasteiger partial charge on any atom is 0.417 e. The van der Waals surface area contributed by atoms with Gasteiger partial charge in [0.15, 0.2) is 0 Å². The molecule has 158 valence electrons. The first-order valence-corrected chi connectivity index (χ1v) is 9.00. The Balaban J connectivity index is 2.01. The highest BCUT2D eigenvalue weighted by atomic mass is 19.4. The molecular weight excluding hydrogens is 401 g/mol. The molecule has 0 saturated carbocycles. The van der Waals surface area contributed by atoms with Crippen molar-refractivity contribution >= 4 is 17.6 Å². The molecule has 1 heterocycles. The van der Waals surface area contributed by atoms with Gasteiger partial charge in [-0.3, -0.25) is 4.79 Å². The number of alkyl halides is 3. The van der Waals surface area contributed by atoms with Crippen molar-refractivity contribution in [2.75, 3.05) is 20.8 Å². The maximum atomic E-state index is 13.7. The summed E-state index contributed by atoms with van der Waals surface area (Å²) in [5.41, 5.74) is -0.355. The molecule has 0 unspecified atom stereocenters. The van der Waals surface area contributed by atoms with Crippen molar-refractivity contribution in [3.63, 3.8) is 0 Å². The molecule has 1 fully saturated rings. The van der Waals surface area contributed by atoms with Gasteiger partial charge in [-0.1, -0.05) is 41.6 Å². The second-order valence-electron chi connectivity index (χ2n) is 6.64. The van der Waals surface area contributed by atoms with Crippen LogP contribution in [-0.4, -0.2) is 49.3 Å². The summed E-state index contributed by atoms with van der Waals surface area (Å²) in [7, 11) is 2.50. The molecule has 0 radical (unpaired) electrons. The van der Waals surface area contributed by atoms with Crippen LogP contribution in [0.4, 0.5) is 13.2 Å². The third-order valence-corrected chi connectivity index (χ3v) is 4.77. The van der Waals surface area contributed by atoms with E-state index in [1.807, 2.05) is 0 Å². The number of benzene rings is 2. The Morgan fingerprint density at radius 2 is 1.80 bits per heavy atom. The van der Waals surface area contributed by atoms with Crippen LogP contribution in [0.1, 0.15) is 22.3 Å². The first-order valence-electron chi connectivity index (χ1n) is 9.00. The van der Waals surface area contributed by atoms with E-state index in [2.05, 4.69) is 5.16 Å². The van der Waals surface area contributed by atoms with Gasteiger partial charge in [0, 0.05) is 12.0 Å². The topological polar surface area (TPSA) is 68.2 Å². The molecule has 6 nitrogen and oxygen atoms in total. The van der Waals surface area contributed by atoms with Gasteiger partial charge in [-0.15, -0.1) is 0 Å². The predicted octanol–water partition coefficient (Wildman–Crippen LogP) is 3.76. The molecule has 2 aromatic carbocycles. The zero-order valence-electron chi connectivity index (χ0n) is 16.3. The SMILES string of the molecule is CON=C1C[C@@H](C(=O)OC)N(C(=O)c2ccc(-c3ccccc3)c(C(F)(F)F)c2)C1. The molecule has 1 amide bonds. The third kappa shape index (κ3) is 4.29. The second kappa shape index (κ2) is 8.56. The van der Waals surface area contributed by atoms with Gasteiger partial charge in [0.05, 0.1) is 24.9 Å². The minimum Gasteiger partial charge on any atom is -0.467 e. The third-order valence-electron chi connectivity index (χ3n) is 4.77. The Hall–Kier alpha value is -3.36. The summed E-state index contributed by atoms with van der Waals surface area (Å²) < 4.78 is 45.9.